The van der Waals surface area contributed by atoms with Crippen LogP contribution in [0.4, 0.5) is 0 Å². The van der Waals surface area contributed by atoms with E-state index in [-0.39, 0.29) is 21.1 Å². The summed E-state index contributed by atoms with van der Waals surface area (Å²) in [6.45, 7) is 1.50. The average molecular weight is 577 g/mol. The number of hydrogen-bond acceptors (Lipinski definition) is 3. The number of rotatable bonds is 4. The molecule has 0 unspecified atom stereocenters. The second-order valence-corrected chi connectivity index (χ2v) is 6.61. The summed E-state index contributed by atoms with van der Waals surface area (Å²) in [4.78, 5) is 0. The van der Waals surface area contributed by atoms with Crippen LogP contribution in [0.2, 0.25) is 0 Å². The molecule has 6 heteroatoms. The van der Waals surface area contributed by atoms with E-state index in [1.54, 1.807) is 18.5 Å². The maximum absolute atomic E-state index is 9.37. The summed E-state index contributed by atoms with van der Waals surface area (Å²) >= 11 is 0. The Balaban J connectivity index is 0.000000184. The van der Waals surface area contributed by atoms with Gasteiger partial charge in [-0.25, -0.2) is 0 Å². The van der Waals surface area contributed by atoms with Crippen LogP contribution in [0.15, 0.2) is 97.6 Å². The molecule has 5 rings (SSSR count). The maximum atomic E-state index is 9.37. The molecule has 0 aliphatic rings. The molecule has 2 heterocycles. The SMILES string of the molecule is Oc1cccc2ccccc12.[Pt].[c-]1c(Cn2cccn2)cccc1Cn1cccn1. The van der Waals surface area contributed by atoms with Gasteiger partial charge in [0.1, 0.15) is 5.75 Å². The van der Waals surface area contributed by atoms with E-state index in [2.05, 4.69) is 28.4 Å². The summed E-state index contributed by atoms with van der Waals surface area (Å²) in [7, 11) is 0. The summed E-state index contributed by atoms with van der Waals surface area (Å²) in [6, 6.07) is 26.7. The van der Waals surface area contributed by atoms with Crippen molar-refractivity contribution in [1.82, 2.24) is 19.6 Å². The first kappa shape index (κ1) is 21.5. The monoisotopic (exact) mass is 576 g/mol. The van der Waals surface area contributed by atoms with Crippen LogP contribution in [0, 0.1) is 6.07 Å². The van der Waals surface area contributed by atoms with E-state index >= 15 is 0 Å². The van der Waals surface area contributed by atoms with Crippen LogP contribution in [0.1, 0.15) is 11.1 Å². The van der Waals surface area contributed by atoms with E-state index in [9.17, 15) is 5.11 Å². The number of aromatic hydroxyl groups is 1. The van der Waals surface area contributed by atoms with Gasteiger partial charge in [0.2, 0.25) is 0 Å². The van der Waals surface area contributed by atoms with Crippen molar-refractivity contribution < 1.29 is 26.2 Å². The van der Waals surface area contributed by atoms with Gasteiger partial charge in [-0.15, -0.1) is 11.1 Å². The van der Waals surface area contributed by atoms with E-state index < -0.39 is 0 Å². The molecular formula is C24H21N4OPt-. The topological polar surface area (TPSA) is 55.9 Å². The maximum Gasteiger partial charge on any atom is 0.123 e. The molecular weight excluding hydrogens is 555 g/mol. The van der Waals surface area contributed by atoms with Gasteiger partial charge in [-0.2, -0.15) is 34.5 Å². The summed E-state index contributed by atoms with van der Waals surface area (Å²) < 4.78 is 3.78. The van der Waals surface area contributed by atoms with E-state index in [0.717, 1.165) is 35.0 Å². The Morgan fingerprint density at radius 2 is 1.27 bits per heavy atom. The van der Waals surface area contributed by atoms with Crippen LogP contribution in [0.3, 0.4) is 0 Å². The largest absolute Gasteiger partial charge is 0.507 e. The first-order chi connectivity index (χ1) is 14.3. The zero-order valence-corrected chi connectivity index (χ0v) is 18.5. The van der Waals surface area contributed by atoms with Crippen LogP contribution in [0.5, 0.6) is 5.75 Å². The van der Waals surface area contributed by atoms with E-state index in [0.29, 0.717) is 5.75 Å². The fraction of sp³-hybridized carbons (Fsp3) is 0.0833. The Bertz CT molecular complexity index is 1110. The molecule has 2 aromatic heterocycles. The predicted molar refractivity (Wildman–Crippen MR) is 114 cm³/mol. The van der Waals surface area contributed by atoms with Crippen LogP contribution in [-0.2, 0) is 34.2 Å². The molecule has 0 saturated heterocycles. The van der Waals surface area contributed by atoms with Crippen molar-refractivity contribution in [2.45, 2.75) is 13.1 Å². The van der Waals surface area contributed by atoms with Gasteiger partial charge in [-0.3, -0.25) is 9.36 Å². The molecule has 5 aromatic rings. The zero-order chi connectivity index (χ0) is 19.9. The van der Waals surface area contributed by atoms with Crippen LogP contribution in [0.25, 0.3) is 10.8 Å². The predicted octanol–water partition coefficient (Wildman–Crippen LogP) is 4.52. The Morgan fingerprint density at radius 1 is 0.700 bits per heavy atom. The Morgan fingerprint density at radius 3 is 1.83 bits per heavy atom. The second-order valence-electron chi connectivity index (χ2n) is 6.61. The average Bonchev–Trinajstić information content (AvgIpc) is 3.44. The van der Waals surface area contributed by atoms with Crippen molar-refractivity contribution >= 4 is 10.8 Å². The molecule has 0 bridgehead atoms. The third-order valence-corrected chi connectivity index (χ3v) is 4.47. The number of phenolic OH excluding ortho intramolecular Hbond substituents is 1. The van der Waals surface area contributed by atoms with Crippen LogP contribution < -0.4 is 0 Å². The van der Waals surface area contributed by atoms with Crippen molar-refractivity contribution in [2.75, 3.05) is 0 Å². The van der Waals surface area contributed by atoms with Crippen LogP contribution in [-0.4, -0.2) is 24.7 Å². The molecule has 5 nitrogen and oxygen atoms in total. The molecule has 154 valence electrons. The van der Waals surface area contributed by atoms with Crippen molar-refractivity contribution in [2.24, 2.45) is 0 Å². The molecule has 0 atom stereocenters. The number of hydrogen-bond donors (Lipinski definition) is 1. The van der Waals surface area contributed by atoms with Gasteiger partial charge >= 0.3 is 0 Å². The molecule has 0 amide bonds. The minimum absolute atomic E-state index is 0. The number of benzene rings is 3. The summed E-state index contributed by atoms with van der Waals surface area (Å²) in [5.74, 6) is 0.350. The van der Waals surface area contributed by atoms with Crippen LogP contribution >= 0.6 is 0 Å². The molecule has 3 aromatic carbocycles. The smallest absolute Gasteiger partial charge is 0.123 e. The van der Waals surface area contributed by atoms with Crippen molar-refractivity contribution in [1.29, 1.82) is 0 Å². The fourth-order valence-electron chi connectivity index (χ4n) is 3.10. The van der Waals surface area contributed by atoms with Gasteiger partial charge in [-0.1, -0.05) is 36.4 Å². The Hall–Kier alpha value is -3.17. The first-order valence-electron chi connectivity index (χ1n) is 9.39. The van der Waals surface area contributed by atoms with Gasteiger partial charge < -0.3 is 5.11 Å². The minimum atomic E-state index is 0. The van der Waals surface area contributed by atoms with Crippen molar-refractivity contribution in [3.63, 3.8) is 0 Å². The zero-order valence-electron chi connectivity index (χ0n) is 16.2. The fourth-order valence-corrected chi connectivity index (χ4v) is 3.10. The number of phenols is 1. The molecule has 0 spiro atoms. The first-order valence-corrected chi connectivity index (χ1v) is 9.39. The molecule has 0 fully saturated rings. The molecule has 0 radical (unpaired) electrons. The number of fused-ring (bicyclic) bond motifs is 1. The van der Waals surface area contributed by atoms with Gasteiger partial charge in [0, 0.05) is 64.3 Å². The minimum Gasteiger partial charge on any atom is -0.507 e. The van der Waals surface area contributed by atoms with Gasteiger partial charge in [0.25, 0.3) is 0 Å². The standard InChI is InChI=1S/C14H13N4.C10H8O.Pt/c1-4-13(11-17-8-2-6-15-17)10-14(5-1)12-18-9-3-7-16-18;11-10-7-3-5-8-4-1-2-6-9(8)10;/h1-9H,11-12H2;1-7,11H;/q-1;;. The van der Waals surface area contributed by atoms with Gasteiger partial charge in [-0.05, 0) is 23.6 Å². The molecule has 30 heavy (non-hydrogen) atoms. The molecule has 0 saturated carbocycles. The van der Waals surface area contributed by atoms with Gasteiger partial charge in [0.15, 0.2) is 0 Å². The summed E-state index contributed by atoms with van der Waals surface area (Å²) in [5, 5.41) is 19.8. The third kappa shape index (κ3) is 5.68. The van der Waals surface area contributed by atoms with Gasteiger partial charge in [0.05, 0.1) is 0 Å². The van der Waals surface area contributed by atoms with E-state index in [4.69, 9.17) is 0 Å². The summed E-state index contributed by atoms with van der Waals surface area (Å²) in [6.07, 6.45) is 7.48. The number of nitrogens with zero attached hydrogens (tertiary/aromatic N) is 4. The van der Waals surface area contributed by atoms with E-state index in [1.165, 1.54) is 0 Å². The molecule has 1 N–H and O–H groups in total. The second kappa shape index (κ2) is 10.6. The Labute approximate surface area is 189 Å². The third-order valence-electron chi connectivity index (χ3n) is 4.47. The number of aromatic nitrogens is 4. The van der Waals surface area contributed by atoms with E-state index in [1.807, 2.05) is 76.4 Å². The normalized spacial score (nSPS) is 10.1. The van der Waals surface area contributed by atoms with Crippen molar-refractivity contribution in [3.05, 3.63) is 115 Å². The van der Waals surface area contributed by atoms with Crippen molar-refractivity contribution in [3.8, 4) is 5.75 Å². The quantitative estimate of drug-likeness (QED) is 0.321. The summed E-state index contributed by atoms with van der Waals surface area (Å²) in [5.41, 5.74) is 2.26. The molecule has 0 aliphatic heterocycles. The molecule has 0 aliphatic carbocycles. The Kier molecular flexibility index (Phi) is 7.58.